The van der Waals surface area contributed by atoms with Gasteiger partial charge in [-0.25, -0.2) is 0 Å². The van der Waals surface area contributed by atoms with Gasteiger partial charge in [-0.1, -0.05) is 42.5 Å². The SMILES string of the molecule is COc1ccccc1C1CCN(C(=O)[C@@H](CC2=CNC3C=CC=CC23)NC(=O)CCCN)CC1. The van der Waals surface area contributed by atoms with E-state index in [-0.39, 0.29) is 23.8 Å². The van der Waals surface area contributed by atoms with Crippen LogP contribution >= 0.6 is 0 Å². The number of nitrogens with one attached hydrogen (secondary N) is 2. The van der Waals surface area contributed by atoms with Crippen molar-refractivity contribution in [2.45, 2.75) is 50.1 Å². The highest BCUT2D eigenvalue weighted by atomic mass is 16.5. The monoisotopic (exact) mass is 464 g/mol. The van der Waals surface area contributed by atoms with Crippen molar-refractivity contribution in [1.29, 1.82) is 0 Å². The lowest BCUT2D eigenvalue weighted by Crippen LogP contribution is -2.51. The van der Waals surface area contributed by atoms with E-state index in [0.717, 1.165) is 24.2 Å². The first kappa shape index (κ1) is 24.1. The molecule has 0 saturated carbocycles. The van der Waals surface area contributed by atoms with E-state index in [1.165, 1.54) is 5.56 Å². The van der Waals surface area contributed by atoms with E-state index in [0.29, 0.717) is 44.8 Å². The van der Waals surface area contributed by atoms with Crippen molar-refractivity contribution in [3.8, 4) is 5.75 Å². The average Bonchev–Trinajstić information content (AvgIpc) is 3.29. The molecule has 1 aromatic rings. The highest BCUT2D eigenvalue weighted by Gasteiger charge is 2.34. The molecule has 0 aromatic heterocycles. The van der Waals surface area contributed by atoms with Crippen LogP contribution in [0, 0.1) is 5.92 Å². The van der Waals surface area contributed by atoms with Crippen LogP contribution in [-0.4, -0.2) is 55.5 Å². The fourth-order valence-corrected chi connectivity index (χ4v) is 5.21. The second kappa shape index (κ2) is 11.4. The first-order valence-electron chi connectivity index (χ1n) is 12.3. The van der Waals surface area contributed by atoms with E-state index in [1.54, 1.807) is 7.11 Å². The van der Waals surface area contributed by atoms with Gasteiger partial charge in [0.25, 0.3) is 0 Å². The Bertz CT molecular complexity index is 962. The number of benzene rings is 1. The molecule has 7 heteroatoms. The van der Waals surface area contributed by atoms with Gasteiger partial charge >= 0.3 is 0 Å². The molecule has 2 unspecified atom stereocenters. The van der Waals surface area contributed by atoms with Crippen LogP contribution in [0.4, 0.5) is 0 Å². The minimum atomic E-state index is -0.570. The number of fused-ring (bicyclic) bond motifs is 1. The van der Waals surface area contributed by atoms with Crippen LogP contribution < -0.4 is 21.1 Å². The molecule has 1 aromatic carbocycles. The number of hydrogen-bond donors (Lipinski definition) is 3. The fraction of sp³-hybridized carbons (Fsp3) is 0.481. The summed E-state index contributed by atoms with van der Waals surface area (Å²) in [4.78, 5) is 28.1. The molecular weight excluding hydrogens is 428 g/mol. The van der Waals surface area contributed by atoms with Gasteiger partial charge < -0.3 is 26.0 Å². The number of allylic oxidation sites excluding steroid dienone is 2. The second-order valence-corrected chi connectivity index (χ2v) is 9.27. The summed E-state index contributed by atoms with van der Waals surface area (Å²) in [6.07, 6.45) is 13.6. The van der Waals surface area contributed by atoms with Crippen LogP contribution in [0.2, 0.25) is 0 Å². The number of carbonyl (C=O) groups is 2. The number of nitrogens with zero attached hydrogens (tertiary/aromatic N) is 1. The molecule has 34 heavy (non-hydrogen) atoms. The van der Waals surface area contributed by atoms with Gasteiger partial charge in [0, 0.05) is 25.4 Å². The molecule has 2 amide bonds. The third kappa shape index (κ3) is 5.53. The van der Waals surface area contributed by atoms with E-state index < -0.39 is 6.04 Å². The molecule has 4 N–H and O–H groups in total. The summed E-state index contributed by atoms with van der Waals surface area (Å²) in [6.45, 7) is 1.80. The fourth-order valence-electron chi connectivity index (χ4n) is 5.21. The van der Waals surface area contributed by atoms with E-state index in [4.69, 9.17) is 10.5 Å². The van der Waals surface area contributed by atoms with Gasteiger partial charge in [0.1, 0.15) is 11.8 Å². The molecule has 0 spiro atoms. The predicted octanol–water partition coefficient (Wildman–Crippen LogP) is 2.61. The lowest BCUT2D eigenvalue weighted by molar-refractivity contribution is -0.137. The van der Waals surface area contributed by atoms with Crippen LogP contribution in [0.15, 0.2) is 60.3 Å². The lowest BCUT2D eigenvalue weighted by Gasteiger charge is -2.35. The maximum atomic E-state index is 13.6. The summed E-state index contributed by atoms with van der Waals surface area (Å²) in [5.74, 6) is 1.37. The number of likely N-dealkylation sites (tertiary alicyclic amines) is 1. The molecule has 1 fully saturated rings. The maximum Gasteiger partial charge on any atom is 0.245 e. The van der Waals surface area contributed by atoms with Crippen molar-refractivity contribution in [3.05, 3.63) is 65.9 Å². The van der Waals surface area contributed by atoms with Crippen LogP contribution in [-0.2, 0) is 9.59 Å². The largest absolute Gasteiger partial charge is 0.496 e. The molecule has 4 rings (SSSR count). The molecule has 2 aliphatic heterocycles. The number of ether oxygens (including phenoxy) is 1. The van der Waals surface area contributed by atoms with Gasteiger partial charge in [-0.2, -0.15) is 0 Å². The van der Waals surface area contributed by atoms with Gasteiger partial charge in [0.2, 0.25) is 11.8 Å². The molecular formula is C27H36N4O3. The first-order valence-corrected chi connectivity index (χ1v) is 12.3. The Morgan fingerprint density at radius 2 is 1.97 bits per heavy atom. The van der Waals surface area contributed by atoms with Crippen molar-refractivity contribution < 1.29 is 14.3 Å². The van der Waals surface area contributed by atoms with Crippen molar-refractivity contribution in [2.75, 3.05) is 26.7 Å². The number of carbonyl (C=O) groups excluding carboxylic acids is 2. The van der Waals surface area contributed by atoms with E-state index in [2.05, 4.69) is 28.9 Å². The van der Waals surface area contributed by atoms with Gasteiger partial charge in [0.15, 0.2) is 0 Å². The standard InChI is InChI=1S/C27H36N4O3/c1-34-25-10-5-3-8-22(25)19-12-15-31(16-13-19)27(33)24(30-26(32)11-6-14-28)17-20-18-29-23-9-4-2-7-21(20)23/h2-5,7-10,18-19,21,23-24,29H,6,11-17,28H2,1H3,(H,30,32)/t21?,23?,24-/m1/s1. The van der Waals surface area contributed by atoms with Crippen LogP contribution in [0.1, 0.15) is 43.6 Å². The minimum Gasteiger partial charge on any atom is -0.496 e. The summed E-state index contributed by atoms with van der Waals surface area (Å²) in [5.41, 5.74) is 7.92. The third-order valence-electron chi connectivity index (χ3n) is 7.09. The molecule has 1 saturated heterocycles. The van der Waals surface area contributed by atoms with E-state index in [1.807, 2.05) is 41.5 Å². The van der Waals surface area contributed by atoms with Gasteiger partial charge in [0.05, 0.1) is 13.2 Å². The molecule has 2 heterocycles. The highest BCUT2D eigenvalue weighted by Crippen LogP contribution is 2.35. The predicted molar refractivity (Wildman–Crippen MR) is 133 cm³/mol. The van der Waals surface area contributed by atoms with Crippen molar-refractivity contribution in [2.24, 2.45) is 11.7 Å². The summed E-state index contributed by atoms with van der Waals surface area (Å²) >= 11 is 0. The third-order valence-corrected chi connectivity index (χ3v) is 7.09. The summed E-state index contributed by atoms with van der Waals surface area (Å²) in [6, 6.07) is 7.77. The number of piperidine rings is 1. The van der Waals surface area contributed by atoms with E-state index >= 15 is 0 Å². The zero-order chi connectivity index (χ0) is 23.9. The Morgan fingerprint density at radius 1 is 1.21 bits per heavy atom. The van der Waals surface area contributed by atoms with Crippen molar-refractivity contribution >= 4 is 11.8 Å². The lowest BCUT2D eigenvalue weighted by atomic mass is 9.86. The molecule has 182 valence electrons. The van der Waals surface area contributed by atoms with Crippen LogP contribution in [0.25, 0.3) is 0 Å². The van der Waals surface area contributed by atoms with Crippen LogP contribution in [0.5, 0.6) is 5.75 Å². The number of rotatable bonds is 9. The topological polar surface area (TPSA) is 96.7 Å². The molecule has 7 nitrogen and oxygen atoms in total. The Balaban J connectivity index is 1.42. The summed E-state index contributed by atoms with van der Waals surface area (Å²) in [5, 5.41) is 6.40. The van der Waals surface area contributed by atoms with E-state index in [9.17, 15) is 9.59 Å². The normalized spacial score (nSPS) is 22.5. The Kier molecular flexibility index (Phi) is 8.06. The highest BCUT2D eigenvalue weighted by molar-refractivity contribution is 5.88. The minimum absolute atomic E-state index is 0.000689. The van der Waals surface area contributed by atoms with Crippen molar-refractivity contribution in [3.63, 3.8) is 0 Å². The summed E-state index contributed by atoms with van der Waals surface area (Å²) < 4.78 is 5.55. The molecule has 0 radical (unpaired) electrons. The maximum absolute atomic E-state index is 13.6. The molecule has 3 aliphatic rings. The first-order chi connectivity index (χ1) is 16.6. The smallest absolute Gasteiger partial charge is 0.245 e. The number of nitrogens with two attached hydrogens (primary N) is 1. The number of methoxy groups -OCH3 is 1. The Hall–Kier alpha value is -3.06. The zero-order valence-electron chi connectivity index (χ0n) is 19.9. The Morgan fingerprint density at radius 3 is 2.74 bits per heavy atom. The van der Waals surface area contributed by atoms with Crippen LogP contribution in [0.3, 0.4) is 0 Å². The van der Waals surface area contributed by atoms with Gasteiger partial charge in [-0.05, 0) is 61.5 Å². The number of hydrogen-bond acceptors (Lipinski definition) is 5. The molecule has 0 bridgehead atoms. The quantitative estimate of drug-likeness (QED) is 0.522. The van der Waals surface area contributed by atoms with Gasteiger partial charge in [-0.3, -0.25) is 9.59 Å². The molecule has 1 aliphatic carbocycles. The average molecular weight is 465 g/mol. The molecule has 3 atom stereocenters. The number of para-hydroxylation sites is 1. The summed E-state index contributed by atoms with van der Waals surface area (Å²) in [7, 11) is 1.70. The zero-order valence-corrected chi connectivity index (χ0v) is 19.9. The van der Waals surface area contributed by atoms with Gasteiger partial charge in [-0.15, -0.1) is 0 Å². The van der Waals surface area contributed by atoms with Crippen molar-refractivity contribution in [1.82, 2.24) is 15.5 Å². The second-order valence-electron chi connectivity index (χ2n) is 9.27. The number of amides is 2. The Labute approximate surface area is 202 Å².